The van der Waals surface area contributed by atoms with Gasteiger partial charge in [0.25, 0.3) is 0 Å². The van der Waals surface area contributed by atoms with E-state index in [1.54, 1.807) is 38.7 Å². The van der Waals surface area contributed by atoms with Crippen LogP contribution in [0.1, 0.15) is 151 Å². The third kappa shape index (κ3) is 6.41. The number of rotatable bonds is 3. The van der Waals surface area contributed by atoms with E-state index < -0.39 is 0 Å². The molecule has 0 saturated heterocycles. The maximum atomic E-state index is 2.91. The van der Waals surface area contributed by atoms with Crippen molar-refractivity contribution in [3.8, 4) is 11.4 Å². The average molecular weight is 1040 g/mol. The molecular weight excluding hydrogens is 968 g/mol. The Balaban J connectivity index is 0.994. The van der Waals surface area contributed by atoms with Crippen LogP contribution in [0.2, 0.25) is 0 Å². The first-order valence-corrected chi connectivity index (χ1v) is 30.2. The zero-order valence-corrected chi connectivity index (χ0v) is 48.1. The minimum atomic E-state index is 0.0251. The number of anilines is 2. The number of hydrogen-bond acceptors (Lipinski definition) is 1. The van der Waals surface area contributed by atoms with Crippen molar-refractivity contribution in [2.75, 3.05) is 4.90 Å². The lowest BCUT2D eigenvalue weighted by Gasteiger charge is -2.40. The fraction of sp³-hybridized carbons (Fsp3) is 0.307. The number of nitrogens with zero attached hydrogens (tertiary/aromatic N) is 4. The average Bonchev–Trinajstić information content (AvgIpc) is 4.02. The van der Waals surface area contributed by atoms with E-state index >= 15 is 0 Å². The van der Waals surface area contributed by atoms with Crippen molar-refractivity contribution in [1.82, 2.24) is 13.7 Å². The van der Waals surface area contributed by atoms with E-state index in [4.69, 9.17) is 0 Å². The van der Waals surface area contributed by atoms with Crippen LogP contribution in [-0.2, 0) is 18.3 Å². The van der Waals surface area contributed by atoms with Crippen molar-refractivity contribution >= 4 is 89.9 Å². The van der Waals surface area contributed by atoms with Crippen LogP contribution in [0.15, 0.2) is 163 Å². The SMILES string of the molecule is CC(C)(C)C1=Cc2c3c4n(c2CC1)-c1cc(N2c5c(cccc5-n5c6ccccc6c6ccccc65)C5CCC=C(n6c7ccccc7c7ccccc76)C52)cc2c1B(C4=CC(C(C)(C)C)C3)c1cc(C(C)(C)C)ccc1C1CC21. The lowest BCUT2D eigenvalue weighted by Crippen LogP contribution is -2.52. The molecule has 3 aromatic heterocycles. The summed E-state index contributed by atoms with van der Waals surface area (Å²) in [6.45, 7) is 22.1. The zero-order chi connectivity index (χ0) is 54.0. The maximum Gasteiger partial charge on any atom is 0.247 e. The lowest BCUT2D eigenvalue weighted by atomic mass is 9.32. The van der Waals surface area contributed by atoms with Crippen LogP contribution in [0, 0.1) is 16.7 Å². The Kier molecular flexibility index (Phi) is 9.53. The quantitative estimate of drug-likeness (QED) is 0.161. The van der Waals surface area contributed by atoms with Gasteiger partial charge >= 0.3 is 0 Å². The number of fused-ring (bicyclic) bond motifs is 19. The van der Waals surface area contributed by atoms with Crippen molar-refractivity contribution in [1.29, 1.82) is 0 Å². The predicted octanol–water partition coefficient (Wildman–Crippen LogP) is 17.6. The van der Waals surface area contributed by atoms with Crippen LogP contribution < -0.4 is 15.8 Å². The van der Waals surface area contributed by atoms with Gasteiger partial charge in [-0.15, -0.1) is 0 Å². The molecule has 4 aliphatic carbocycles. The minimum absolute atomic E-state index is 0.0251. The van der Waals surface area contributed by atoms with Crippen molar-refractivity contribution in [2.45, 2.75) is 130 Å². The highest BCUT2D eigenvalue weighted by atomic mass is 15.3. The van der Waals surface area contributed by atoms with Gasteiger partial charge in [-0.2, -0.15) is 0 Å². The Morgan fingerprint density at radius 1 is 0.550 bits per heavy atom. The summed E-state index contributed by atoms with van der Waals surface area (Å²) in [5, 5.41) is 5.23. The first kappa shape index (κ1) is 47.3. The van der Waals surface area contributed by atoms with Crippen LogP contribution in [0.5, 0.6) is 0 Å². The van der Waals surface area contributed by atoms with Crippen molar-refractivity contribution in [2.24, 2.45) is 16.7 Å². The Morgan fingerprint density at radius 3 is 1.82 bits per heavy atom. The molecule has 7 aromatic carbocycles. The first-order chi connectivity index (χ1) is 38.6. The van der Waals surface area contributed by atoms with Crippen molar-refractivity contribution < 1.29 is 0 Å². The molecule has 17 rings (SSSR count). The molecule has 394 valence electrons. The molecule has 0 amide bonds. The highest BCUT2D eigenvalue weighted by Crippen LogP contribution is 2.61. The molecule has 5 atom stereocenters. The monoisotopic (exact) mass is 1040 g/mol. The fourth-order valence-electron chi connectivity index (χ4n) is 16.8. The van der Waals surface area contributed by atoms with Gasteiger partial charge in [0.15, 0.2) is 0 Å². The summed E-state index contributed by atoms with van der Waals surface area (Å²) >= 11 is 0. The lowest BCUT2D eigenvalue weighted by molar-refractivity contribution is 0.290. The highest BCUT2D eigenvalue weighted by Gasteiger charge is 2.54. The Bertz CT molecular complexity index is 4370. The summed E-state index contributed by atoms with van der Waals surface area (Å²) in [6.07, 6.45) is 14.6. The molecular formula is C75H71BN4. The van der Waals surface area contributed by atoms with Gasteiger partial charge in [0.2, 0.25) is 6.71 Å². The van der Waals surface area contributed by atoms with Crippen LogP contribution in [-0.4, -0.2) is 26.5 Å². The normalized spacial score (nSPS) is 21.6. The van der Waals surface area contributed by atoms with E-state index in [1.165, 1.54) is 107 Å². The second-order valence-electron chi connectivity index (χ2n) is 28.3. The van der Waals surface area contributed by atoms with Gasteiger partial charge < -0.3 is 18.6 Å². The zero-order valence-electron chi connectivity index (χ0n) is 48.1. The molecule has 1 saturated carbocycles. The molecule has 0 bridgehead atoms. The van der Waals surface area contributed by atoms with E-state index in [2.05, 4.69) is 245 Å². The molecule has 5 unspecified atom stereocenters. The smallest absolute Gasteiger partial charge is 0.247 e. The fourth-order valence-corrected chi connectivity index (χ4v) is 16.8. The van der Waals surface area contributed by atoms with E-state index in [0.29, 0.717) is 17.8 Å². The van der Waals surface area contributed by atoms with Crippen LogP contribution in [0.3, 0.4) is 0 Å². The number of allylic oxidation sites excluding steroid dienone is 3. The first-order valence-electron chi connectivity index (χ1n) is 30.2. The van der Waals surface area contributed by atoms with Gasteiger partial charge in [-0.05, 0) is 159 Å². The topological polar surface area (TPSA) is 18.0 Å². The number of hydrogen-bond donors (Lipinski definition) is 0. The number of benzene rings is 7. The van der Waals surface area contributed by atoms with Crippen LogP contribution in [0.25, 0.3) is 72.2 Å². The minimum Gasteiger partial charge on any atom is -0.330 e. The van der Waals surface area contributed by atoms with Crippen molar-refractivity contribution in [3.63, 3.8) is 0 Å². The third-order valence-corrected chi connectivity index (χ3v) is 20.8. The summed E-state index contributed by atoms with van der Waals surface area (Å²) in [5.41, 5.74) is 30.5. The number of para-hydroxylation sites is 5. The summed E-state index contributed by atoms with van der Waals surface area (Å²) in [6, 6.07) is 57.2. The van der Waals surface area contributed by atoms with E-state index in [0.717, 1.165) is 32.1 Å². The van der Waals surface area contributed by atoms with Gasteiger partial charge in [-0.25, -0.2) is 0 Å². The summed E-state index contributed by atoms with van der Waals surface area (Å²) in [7, 11) is 0. The second kappa shape index (κ2) is 16.1. The molecule has 6 heterocycles. The van der Waals surface area contributed by atoms with Crippen molar-refractivity contribution in [3.05, 3.63) is 208 Å². The molecule has 0 spiro atoms. The van der Waals surface area contributed by atoms with E-state index in [1.807, 2.05) is 0 Å². The maximum absolute atomic E-state index is 2.91. The van der Waals surface area contributed by atoms with Gasteiger partial charge in [0, 0.05) is 55.9 Å². The second-order valence-corrected chi connectivity index (χ2v) is 28.3. The summed E-state index contributed by atoms with van der Waals surface area (Å²) in [5.74, 6) is 1.63. The number of aromatic nitrogens is 3. The molecule has 7 aliphatic rings. The third-order valence-electron chi connectivity index (χ3n) is 20.8. The van der Waals surface area contributed by atoms with Crippen LogP contribution in [0.4, 0.5) is 11.4 Å². The predicted molar refractivity (Wildman–Crippen MR) is 339 cm³/mol. The largest absolute Gasteiger partial charge is 0.330 e. The molecule has 5 heteroatoms. The Labute approximate surface area is 472 Å². The van der Waals surface area contributed by atoms with Gasteiger partial charge in [-0.3, -0.25) is 0 Å². The van der Waals surface area contributed by atoms with Crippen LogP contribution >= 0.6 is 0 Å². The Hall–Kier alpha value is -7.50. The summed E-state index contributed by atoms with van der Waals surface area (Å²) < 4.78 is 8.17. The molecule has 0 N–H and O–H groups in total. The van der Waals surface area contributed by atoms with Gasteiger partial charge in [-0.1, -0.05) is 195 Å². The molecule has 3 aliphatic heterocycles. The Morgan fingerprint density at radius 2 is 1.19 bits per heavy atom. The van der Waals surface area contributed by atoms with E-state index in [9.17, 15) is 0 Å². The molecule has 80 heavy (non-hydrogen) atoms. The van der Waals surface area contributed by atoms with Gasteiger partial charge in [0.05, 0.1) is 39.5 Å². The molecule has 1 fully saturated rings. The molecule has 0 radical (unpaired) electrons. The standard InChI is InChI=1S/C75H71BN4/c1-73(2,3)43-33-35-65-56(36-43)58-37-45(75(7,8)9)39-60-70(58)80(65)68-41-46(40-57-55-42-54(55)47-34-32-44(74(4,5)6)38-59(47)76(60)69(57)68)77-71-52(24-18-30-66(71)78-61-26-14-10-20-48(61)49-21-11-15-27-62(49)78)53-25-19-31-67(72(53)77)79-63-28-16-12-22-50(63)51-23-13-17-29-64(51)79/h10-18,20-24,26-32,34,36,38-41,45,53-55,72H,19,25,33,35,37,42H2,1-9H3. The highest BCUT2D eigenvalue weighted by molar-refractivity contribution is 7.01. The molecule has 10 aromatic rings. The van der Waals surface area contributed by atoms with Gasteiger partial charge in [0.1, 0.15) is 0 Å². The van der Waals surface area contributed by atoms with E-state index in [-0.39, 0.29) is 34.9 Å². The molecule has 4 nitrogen and oxygen atoms in total. The summed E-state index contributed by atoms with van der Waals surface area (Å²) in [4.78, 5) is 2.91.